The van der Waals surface area contributed by atoms with Gasteiger partial charge >= 0.3 is 12.0 Å². The van der Waals surface area contributed by atoms with Crippen LogP contribution in [-0.2, 0) is 4.79 Å². The van der Waals surface area contributed by atoms with Crippen molar-refractivity contribution < 1.29 is 19.5 Å². The van der Waals surface area contributed by atoms with Gasteiger partial charge in [0.2, 0.25) is 0 Å². The quantitative estimate of drug-likeness (QED) is 0.798. The fourth-order valence-corrected chi connectivity index (χ4v) is 2.97. The molecule has 0 aliphatic carbocycles. The molecule has 0 bridgehead atoms. The zero-order valence-corrected chi connectivity index (χ0v) is 15.0. The second kappa shape index (κ2) is 8.14. The van der Waals surface area contributed by atoms with E-state index >= 15 is 0 Å². The summed E-state index contributed by atoms with van der Waals surface area (Å²) in [4.78, 5) is 38.2. The Morgan fingerprint density at radius 2 is 1.92 bits per heavy atom. The van der Waals surface area contributed by atoms with Gasteiger partial charge in [-0.15, -0.1) is 0 Å². The van der Waals surface area contributed by atoms with Crippen LogP contribution in [0, 0.1) is 0 Å². The average Bonchev–Trinajstić information content (AvgIpc) is 3.05. The van der Waals surface area contributed by atoms with Gasteiger partial charge in [-0.1, -0.05) is 15.9 Å². The first-order chi connectivity index (χ1) is 11.4. The SMILES string of the molecule is CN(CCC(=O)O)C(=O)Nc1cc(Br)cc(C(=O)N2CCCC2)c1. The monoisotopic (exact) mass is 397 g/mol. The van der Waals surface area contributed by atoms with E-state index in [1.54, 1.807) is 23.1 Å². The van der Waals surface area contributed by atoms with Gasteiger partial charge in [-0.2, -0.15) is 0 Å². The number of urea groups is 1. The number of nitrogens with one attached hydrogen (secondary N) is 1. The normalized spacial score (nSPS) is 13.7. The first kappa shape index (κ1) is 18.3. The number of carbonyl (C=O) groups excluding carboxylic acids is 2. The number of halogens is 1. The van der Waals surface area contributed by atoms with E-state index in [1.165, 1.54) is 11.9 Å². The molecule has 1 aliphatic rings. The van der Waals surface area contributed by atoms with Gasteiger partial charge in [-0.3, -0.25) is 9.59 Å². The lowest BCUT2D eigenvalue weighted by Gasteiger charge is -2.19. The van der Waals surface area contributed by atoms with E-state index in [0.717, 1.165) is 25.9 Å². The molecule has 0 aromatic heterocycles. The Bertz CT molecular complexity index is 644. The molecule has 0 unspecified atom stereocenters. The van der Waals surface area contributed by atoms with Crippen molar-refractivity contribution in [1.82, 2.24) is 9.80 Å². The van der Waals surface area contributed by atoms with Crippen molar-refractivity contribution in [2.75, 3.05) is 32.0 Å². The average molecular weight is 398 g/mol. The van der Waals surface area contributed by atoms with Crippen LogP contribution < -0.4 is 5.32 Å². The molecule has 3 amide bonds. The topological polar surface area (TPSA) is 90.0 Å². The molecular weight excluding hydrogens is 378 g/mol. The molecule has 0 spiro atoms. The van der Waals surface area contributed by atoms with Gasteiger partial charge in [0.25, 0.3) is 5.91 Å². The Balaban J connectivity index is 2.06. The molecule has 1 aromatic rings. The summed E-state index contributed by atoms with van der Waals surface area (Å²) in [5.41, 5.74) is 0.994. The summed E-state index contributed by atoms with van der Waals surface area (Å²) in [7, 11) is 1.52. The van der Waals surface area contributed by atoms with Gasteiger partial charge in [0.1, 0.15) is 0 Å². The fraction of sp³-hybridized carbons (Fsp3) is 0.438. The first-order valence-electron chi connectivity index (χ1n) is 7.70. The van der Waals surface area contributed by atoms with Gasteiger partial charge in [0.05, 0.1) is 6.42 Å². The highest BCUT2D eigenvalue weighted by atomic mass is 79.9. The number of hydrogen-bond donors (Lipinski definition) is 2. The van der Waals surface area contributed by atoms with E-state index in [2.05, 4.69) is 21.2 Å². The molecular formula is C16H20BrN3O4. The van der Waals surface area contributed by atoms with E-state index < -0.39 is 12.0 Å². The number of carboxylic acids is 1. The minimum Gasteiger partial charge on any atom is -0.481 e. The summed E-state index contributed by atoms with van der Waals surface area (Å²) in [6.07, 6.45) is 1.90. The summed E-state index contributed by atoms with van der Waals surface area (Å²) in [6, 6.07) is 4.64. The van der Waals surface area contributed by atoms with Gasteiger partial charge in [0, 0.05) is 42.4 Å². The van der Waals surface area contributed by atoms with Crippen molar-refractivity contribution in [3.63, 3.8) is 0 Å². The first-order valence-corrected chi connectivity index (χ1v) is 8.50. The van der Waals surface area contributed by atoms with Crippen LogP contribution in [0.15, 0.2) is 22.7 Å². The predicted molar refractivity (Wildman–Crippen MR) is 93.2 cm³/mol. The Morgan fingerprint density at radius 3 is 2.54 bits per heavy atom. The summed E-state index contributed by atoms with van der Waals surface area (Å²) in [6.45, 7) is 1.62. The Hall–Kier alpha value is -2.09. The summed E-state index contributed by atoms with van der Waals surface area (Å²) < 4.78 is 0.691. The molecule has 8 heteroatoms. The molecule has 2 N–H and O–H groups in total. The number of nitrogens with zero attached hydrogens (tertiary/aromatic N) is 2. The molecule has 1 fully saturated rings. The number of anilines is 1. The Kier molecular flexibility index (Phi) is 6.19. The highest BCUT2D eigenvalue weighted by molar-refractivity contribution is 9.10. The molecule has 24 heavy (non-hydrogen) atoms. The largest absolute Gasteiger partial charge is 0.481 e. The number of likely N-dealkylation sites (tertiary alicyclic amines) is 1. The molecule has 1 heterocycles. The lowest BCUT2D eigenvalue weighted by atomic mass is 10.1. The number of amides is 3. The molecule has 0 saturated carbocycles. The van der Waals surface area contributed by atoms with Gasteiger partial charge in [-0.05, 0) is 31.0 Å². The molecule has 1 aromatic carbocycles. The van der Waals surface area contributed by atoms with Crippen molar-refractivity contribution in [2.45, 2.75) is 19.3 Å². The van der Waals surface area contributed by atoms with Crippen LogP contribution in [0.25, 0.3) is 0 Å². The minimum atomic E-state index is -0.962. The van der Waals surface area contributed by atoms with Gasteiger partial charge in [0.15, 0.2) is 0 Å². The molecule has 1 saturated heterocycles. The lowest BCUT2D eigenvalue weighted by Crippen LogP contribution is -2.33. The maximum Gasteiger partial charge on any atom is 0.321 e. The van der Waals surface area contributed by atoms with Crippen LogP contribution in [0.5, 0.6) is 0 Å². The van der Waals surface area contributed by atoms with Crippen molar-refractivity contribution in [3.8, 4) is 0 Å². The van der Waals surface area contributed by atoms with Crippen LogP contribution >= 0.6 is 15.9 Å². The maximum atomic E-state index is 12.5. The fourth-order valence-electron chi connectivity index (χ4n) is 2.47. The highest BCUT2D eigenvalue weighted by Crippen LogP contribution is 2.22. The number of benzene rings is 1. The summed E-state index contributed by atoms with van der Waals surface area (Å²) in [5, 5.41) is 11.4. The predicted octanol–water partition coefficient (Wildman–Crippen LogP) is 2.62. The maximum absolute atomic E-state index is 12.5. The lowest BCUT2D eigenvalue weighted by molar-refractivity contribution is -0.137. The molecule has 1 aliphatic heterocycles. The van der Waals surface area contributed by atoms with Crippen LogP contribution in [0.3, 0.4) is 0 Å². The summed E-state index contributed by atoms with van der Waals surface area (Å²) >= 11 is 3.35. The number of carbonyl (C=O) groups is 3. The van der Waals surface area contributed by atoms with Crippen molar-refractivity contribution in [1.29, 1.82) is 0 Å². The highest BCUT2D eigenvalue weighted by Gasteiger charge is 2.20. The molecule has 7 nitrogen and oxygen atoms in total. The van der Waals surface area contributed by atoms with Crippen LogP contribution in [-0.4, -0.2) is 59.5 Å². The third kappa shape index (κ3) is 4.95. The number of hydrogen-bond acceptors (Lipinski definition) is 3. The molecule has 0 radical (unpaired) electrons. The number of aliphatic carboxylic acids is 1. The zero-order valence-electron chi connectivity index (χ0n) is 13.4. The van der Waals surface area contributed by atoms with Crippen molar-refractivity contribution in [2.24, 2.45) is 0 Å². The van der Waals surface area contributed by atoms with Crippen molar-refractivity contribution >= 4 is 39.5 Å². The third-order valence-corrected chi connectivity index (χ3v) is 4.25. The van der Waals surface area contributed by atoms with Crippen LogP contribution in [0.1, 0.15) is 29.6 Å². The van der Waals surface area contributed by atoms with E-state index in [4.69, 9.17) is 5.11 Å². The second-order valence-corrected chi connectivity index (χ2v) is 6.64. The van der Waals surface area contributed by atoms with E-state index in [9.17, 15) is 14.4 Å². The van der Waals surface area contributed by atoms with E-state index in [1.807, 2.05) is 0 Å². The van der Waals surface area contributed by atoms with Crippen LogP contribution in [0.4, 0.5) is 10.5 Å². The van der Waals surface area contributed by atoms with Crippen molar-refractivity contribution in [3.05, 3.63) is 28.2 Å². The second-order valence-electron chi connectivity index (χ2n) is 5.72. The van der Waals surface area contributed by atoms with Crippen LogP contribution in [0.2, 0.25) is 0 Å². The van der Waals surface area contributed by atoms with E-state index in [0.29, 0.717) is 15.7 Å². The number of carboxylic acid groups (broad SMARTS) is 1. The number of rotatable bonds is 5. The standard InChI is InChI=1S/C16H20BrN3O4/c1-19(7-4-14(21)22)16(24)18-13-9-11(8-12(17)10-13)15(23)20-5-2-3-6-20/h8-10H,2-7H2,1H3,(H,18,24)(H,21,22). The Morgan fingerprint density at radius 1 is 1.25 bits per heavy atom. The minimum absolute atomic E-state index is 0.0523. The molecule has 130 valence electrons. The smallest absolute Gasteiger partial charge is 0.321 e. The summed E-state index contributed by atoms with van der Waals surface area (Å²) in [5.74, 6) is -1.01. The van der Waals surface area contributed by atoms with Gasteiger partial charge in [-0.25, -0.2) is 4.79 Å². The zero-order chi connectivity index (χ0) is 17.7. The van der Waals surface area contributed by atoms with E-state index in [-0.39, 0.29) is 18.9 Å². The van der Waals surface area contributed by atoms with Gasteiger partial charge < -0.3 is 20.2 Å². The Labute approximate surface area is 148 Å². The molecule has 2 rings (SSSR count). The third-order valence-electron chi connectivity index (χ3n) is 3.80. The molecule has 0 atom stereocenters.